The van der Waals surface area contributed by atoms with Gasteiger partial charge in [0.1, 0.15) is 11.5 Å². The lowest BCUT2D eigenvalue weighted by atomic mass is 10.2. The standard InChI is InChI=1S/C15H23NO5/c1-4-20-15(17)11-21-14-6-5-13(19-3)9-12(14)10-16-7-8-18-2/h5-6,9,16H,4,7-8,10-11H2,1-3H3. The van der Waals surface area contributed by atoms with Gasteiger partial charge in [0.25, 0.3) is 0 Å². The minimum atomic E-state index is -0.383. The number of nitrogens with one attached hydrogen (secondary N) is 1. The van der Waals surface area contributed by atoms with E-state index < -0.39 is 0 Å². The summed E-state index contributed by atoms with van der Waals surface area (Å²) in [5.74, 6) is 0.988. The maximum Gasteiger partial charge on any atom is 0.344 e. The number of methoxy groups -OCH3 is 2. The first-order chi connectivity index (χ1) is 10.2. The zero-order chi connectivity index (χ0) is 15.5. The Morgan fingerprint density at radius 1 is 1.29 bits per heavy atom. The molecule has 0 radical (unpaired) electrons. The predicted octanol–water partition coefficient (Wildman–Crippen LogP) is 1.37. The van der Waals surface area contributed by atoms with Gasteiger partial charge in [0, 0.05) is 25.8 Å². The number of hydrogen-bond acceptors (Lipinski definition) is 6. The molecule has 0 amide bonds. The van der Waals surface area contributed by atoms with Gasteiger partial charge in [-0.3, -0.25) is 0 Å². The van der Waals surface area contributed by atoms with Crippen molar-refractivity contribution in [1.82, 2.24) is 5.32 Å². The maximum atomic E-state index is 11.3. The van der Waals surface area contributed by atoms with Gasteiger partial charge in [0.15, 0.2) is 6.61 Å². The third-order valence-electron chi connectivity index (χ3n) is 2.72. The molecule has 6 heteroatoms. The molecule has 1 N–H and O–H groups in total. The molecule has 0 unspecified atom stereocenters. The van der Waals surface area contributed by atoms with Gasteiger partial charge in [-0.15, -0.1) is 0 Å². The van der Waals surface area contributed by atoms with E-state index in [1.165, 1.54) is 0 Å². The normalized spacial score (nSPS) is 10.2. The summed E-state index contributed by atoms with van der Waals surface area (Å²) >= 11 is 0. The van der Waals surface area contributed by atoms with E-state index in [9.17, 15) is 4.79 Å². The van der Waals surface area contributed by atoms with E-state index in [2.05, 4.69) is 5.32 Å². The fraction of sp³-hybridized carbons (Fsp3) is 0.533. The van der Waals surface area contributed by atoms with Crippen molar-refractivity contribution in [3.8, 4) is 11.5 Å². The van der Waals surface area contributed by atoms with Gasteiger partial charge in [-0.05, 0) is 25.1 Å². The smallest absolute Gasteiger partial charge is 0.344 e. The Balaban J connectivity index is 2.64. The van der Waals surface area contributed by atoms with Crippen molar-refractivity contribution in [2.45, 2.75) is 13.5 Å². The molecular formula is C15H23NO5. The molecule has 118 valence electrons. The van der Waals surface area contributed by atoms with Crippen LogP contribution < -0.4 is 14.8 Å². The van der Waals surface area contributed by atoms with Crippen LogP contribution in [-0.4, -0.2) is 46.6 Å². The van der Waals surface area contributed by atoms with Crippen LogP contribution in [-0.2, 0) is 20.8 Å². The van der Waals surface area contributed by atoms with Crippen molar-refractivity contribution < 1.29 is 23.7 Å². The van der Waals surface area contributed by atoms with Crippen LogP contribution in [0.5, 0.6) is 11.5 Å². The van der Waals surface area contributed by atoms with Crippen LogP contribution in [0.2, 0.25) is 0 Å². The molecule has 0 aliphatic heterocycles. The van der Waals surface area contributed by atoms with E-state index in [1.807, 2.05) is 6.07 Å². The highest BCUT2D eigenvalue weighted by molar-refractivity contribution is 5.71. The van der Waals surface area contributed by atoms with Crippen molar-refractivity contribution in [1.29, 1.82) is 0 Å². The second kappa shape index (κ2) is 10.0. The first-order valence-corrected chi connectivity index (χ1v) is 6.86. The van der Waals surface area contributed by atoms with Crippen molar-refractivity contribution in [3.05, 3.63) is 23.8 Å². The van der Waals surface area contributed by atoms with Crippen molar-refractivity contribution in [3.63, 3.8) is 0 Å². The SMILES string of the molecule is CCOC(=O)COc1ccc(OC)cc1CNCCOC. The summed E-state index contributed by atoms with van der Waals surface area (Å²) in [7, 11) is 3.26. The molecule has 21 heavy (non-hydrogen) atoms. The molecule has 6 nitrogen and oxygen atoms in total. The summed E-state index contributed by atoms with van der Waals surface area (Å²) in [4.78, 5) is 11.3. The summed E-state index contributed by atoms with van der Waals surface area (Å²) in [6, 6.07) is 5.45. The van der Waals surface area contributed by atoms with Crippen LogP contribution >= 0.6 is 0 Å². The first-order valence-electron chi connectivity index (χ1n) is 6.86. The second-order valence-electron chi connectivity index (χ2n) is 4.24. The van der Waals surface area contributed by atoms with E-state index >= 15 is 0 Å². The summed E-state index contributed by atoms with van der Waals surface area (Å²) < 4.78 is 20.5. The molecule has 0 saturated carbocycles. The van der Waals surface area contributed by atoms with Gasteiger partial charge >= 0.3 is 5.97 Å². The molecule has 0 saturated heterocycles. The number of hydrogen-bond donors (Lipinski definition) is 1. The van der Waals surface area contributed by atoms with Gasteiger partial charge < -0.3 is 24.3 Å². The van der Waals surface area contributed by atoms with Crippen LogP contribution in [0.3, 0.4) is 0 Å². The second-order valence-corrected chi connectivity index (χ2v) is 4.24. The molecular weight excluding hydrogens is 274 g/mol. The minimum absolute atomic E-state index is 0.106. The lowest BCUT2D eigenvalue weighted by Crippen LogP contribution is -2.20. The van der Waals surface area contributed by atoms with Crippen molar-refractivity contribution >= 4 is 5.97 Å². The number of benzene rings is 1. The molecule has 0 bridgehead atoms. The Morgan fingerprint density at radius 2 is 2.10 bits per heavy atom. The minimum Gasteiger partial charge on any atom is -0.497 e. The quantitative estimate of drug-likeness (QED) is 0.520. The Hall–Kier alpha value is -1.79. The van der Waals surface area contributed by atoms with E-state index in [-0.39, 0.29) is 12.6 Å². The number of rotatable bonds is 10. The maximum absolute atomic E-state index is 11.3. The zero-order valence-electron chi connectivity index (χ0n) is 12.8. The molecule has 1 aromatic rings. The van der Waals surface area contributed by atoms with E-state index in [4.69, 9.17) is 18.9 Å². The van der Waals surface area contributed by atoms with Crippen LogP contribution in [0.15, 0.2) is 18.2 Å². The highest BCUT2D eigenvalue weighted by Gasteiger charge is 2.09. The summed E-state index contributed by atoms with van der Waals surface area (Å²) in [5, 5.41) is 3.23. The van der Waals surface area contributed by atoms with Crippen molar-refractivity contribution in [2.75, 3.05) is 40.6 Å². The Bertz CT molecular complexity index is 436. The van der Waals surface area contributed by atoms with Gasteiger partial charge in [0.2, 0.25) is 0 Å². The van der Waals surface area contributed by atoms with E-state index in [0.717, 1.165) is 17.9 Å². The third kappa shape index (κ3) is 6.46. The van der Waals surface area contributed by atoms with Gasteiger partial charge in [-0.25, -0.2) is 4.79 Å². The molecule has 0 aliphatic rings. The highest BCUT2D eigenvalue weighted by atomic mass is 16.6. The first kappa shape index (κ1) is 17.3. The molecule has 0 spiro atoms. The lowest BCUT2D eigenvalue weighted by molar-refractivity contribution is -0.145. The number of esters is 1. The Morgan fingerprint density at radius 3 is 2.76 bits per heavy atom. The molecule has 0 atom stereocenters. The Labute approximate surface area is 125 Å². The largest absolute Gasteiger partial charge is 0.497 e. The topological polar surface area (TPSA) is 66.0 Å². The molecule has 1 rings (SSSR count). The lowest BCUT2D eigenvalue weighted by Gasteiger charge is -2.13. The number of carbonyl (C=O) groups is 1. The summed E-state index contributed by atoms with van der Waals surface area (Å²) in [6.07, 6.45) is 0. The molecule has 0 fully saturated rings. The van der Waals surface area contributed by atoms with Crippen LogP contribution in [0, 0.1) is 0 Å². The Kier molecular flexibility index (Phi) is 8.23. The highest BCUT2D eigenvalue weighted by Crippen LogP contribution is 2.24. The third-order valence-corrected chi connectivity index (χ3v) is 2.72. The van der Waals surface area contributed by atoms with Crippen molar-refractivity contribution in [2.24, 2.45) is 0 Å². The fourth-order valence-corrected chi connectivity index (χ4v) is 1.70. The fourth-order valence-electron chi connectivity index (χ4n) is 1.70. The van der Waals surface area contributed by atoms with E-state index in [0.29, 0.717) is 25.5 Å². The number of carbonyl (C=O) groups excluding carboxylic acids is 1. The van der Waals surface area contributed by atoms with Crippen LogP contribution in [0.4, 0.5) is 0 Å². The summed E-state index contributed by atoms with van der Waals surface area (Å²) in [6.45, 7) is 3.95. The average molecular weight is 297 g/mol. The van der Waals surface area contributed by atoms with Crippen LogP contribution in [0.1, 0.15) is 12.5 Å². The molecule has 0 heterocycles. The van der Waals surface area contributed by atoms with Gasteiger partial charge in [-0.1, -0.05) is 0 Å². The van der Waals surface area contributed by atoms with Gasteiger partial charge in [0.05, 0.1) is 20.3 Å². The van der Waals surface area contributed by atoms with Gasteiger partial charge in [-0.2, -0.15) is 0 Å². The summed E-state index contributed by atoms with van der Waals surface area (Å²) in [5.41, 5.74) is 0.912. The zero-order valence-corrected chi connectivity index (χ0v) is 12.8. The molecule has 0 aliphatic carbocycles. The monoisotopic (exact) mass is 297 g/mol. The van der Waals surface area contributed by atoms with Crippen LogP contribution in [0.25, 0.3) is 0 Å². The number of ether oxygens (including phenoxy) is 4. The predicted molar refractivity (Wildman–Crippen MR) is 78.7 cm³/mol. The molecule has 0 aromatic heterocycles. The average Bonchev–Trinajstić information content (AvgIpc) is 2.50. The van der Waals surface area contributed by atoms with E-state index in [1.54, 1.807) is 33.3 Å². The molecule has 1 aromatic carbocycles.